The SMILES string of the molecule is Nc1ncc(-c2cnn(C3CCNCC3)c2)c2c(Cl)c(-c3ccc4[nH]ncc4c3)oc12. The minimum absolute atomic E-state index is 0.307. The van der Waals surface area contributed by atoms with Crippen LogP contribution in [0.15, 0.2) is 47.4 Å². The molecule has 0 aliphatic carbocycles. The number of H-pyrrole nitrogens is 1. The Hall–Kier alpha value is -3.36. The van der Waals surface area contributed by atoms with Gasteiger partial charge < -0.3 is 15.5 Å². The molecule has 4 aromatic heterocycles. The van der Waals surface area contributed by atoms with E-state index in [1.807, 2.05) is 29.1 Å². The van der Waals surface area contributed by atoms with E-state index in [2.05, 4.69) is 31.8 Å². The fraction of sp³-hybridized carbons (Fsp3) is 0.227. The van der Waals surface area contributed by atoms with Gasteiger partial charge in [-0.1, -0.05) is 11.6 Å². The maximum Gasteiger partial charge on any atom is 0.179 e. The van der Waals surface area contributed by atoms with Crippen molar-refractivity contribution in [1.29, 1.82) is 0 Å². The molecule has 31 heavy (non-hydrogen) atoms. The van der Waals surface area contributed by atoms with Crippen molar-refractivity contribution in [2.24, 2.45) is 0 Å². The minimum atomic E-state index is 0.307. The van der Waals surface area contributed by atoms with E-state index in [0.29, 0.717) is 28.2 Å². The topological polar surface area (TPSA) is 111 Å². The predicted molar refractivity (Wildman–Crippen MR) is 121 cm³/mol. The molecule has 1 aliphatic heterocycles. The van der Waals surface area contributed by atoms with Gasteiger partial charge in [0.1, 0.15) is 0 Å². The Balaban J connectivity index is 1.48. The third-order valence-electron chi connectivity index (χ3n) is 5.98. The van der Waals surface area contributed by atoms with Crippen molar-refractivity contribution >= 4 is 39.3 Å². The zero-order chi connectivity index (χ0) is 20.9. The summed E-state index contributed by atoms with van der Waals surface area (Å²) < 4.78 is 8.18. The number of aromatic amines is 1. The number of nitrogen functional groups attached to an aromatic ring is 1. The first-order valence-corrected chi connectivity index (χ1v) is 10.6. The maximum atomic E-state index is 6.86. The average molecular weight is 434 g/mol. The Bertz CT molecular complexity index is 1410. The Morgan fingerprint density at radius 1 is 1.13 bits per heavy atom. The lowest BCUT2D eigenvalue weighted by Crippen LogP contribution is -2.29. The van der Waals surface area contributed by atoms with Crippen molar-refractivity contribution in [3.05, 3.63) is 48.0 Å². The lowest BCUT2D eigenvalue weighted by atomic mass is 10.1. The summed E-state index contributed by atoms with van der Waals surface area (Å²) in [6, 6.07) is 6.28. The van der Waals surface area contributed by atoms with Gasteiger partial charge in [0.15, 0.2) is 17.2 Å². The molecule has 0 saturated carbocycles. The average Bonchev–Trinajstić information content (AvgIpc) is 3.54. The molecule has 0 unspecified atom stereocenters. The summed E-state index contributed by atoms with van der Waals surface area (Å²) >= 11 is 6.86. The van der Waals surface area contributed by atoms with Crippen molar-refractivity contribution in [2.45, 2.75) is 18.9 Å². The van der Waals surface area contributed by atoms with Crippen LogP contribution in [0.25, 0.3) is 44.3 Å². The summed E-state index contributed by atoms with van der Waals surface area (Å²) in [5, 5.41) is 17.3. The van der Waals surface area contributed by atoms with Gasteiger partial charge in [-0.15, -0.1) is 0 Å². The van der Waals surface area contributed by atoms with Crippen LogP contribution in [0.3, 0.4) is 0 Å². The van der Waals surface area contributed by atoms with Gasteiger partial charge >= 0.3 is 0 Å². The third-order valence-corrected chi connectivity index (χ3v) is 6.34. The van der Waals surface area contributed by atoms with Crippen LogP contribution in [0.5, 0.6) is 0 Å². The van der Waals surface area contributed by atoms with Crippen LogP contribution in [-0.2, 0) is 0 Å². The normalized spacial score (nSPS) is 15.3. The van der Waals surface area contributed by atoms with E-state index in [1.54, 1.807) is 12.4 Å². The summed E-state index contributed by atoms with van der Waals surface area (Å²) in [5.41, 5.74) is 10.2. The second-order valence-electron chi connectivity index (χ2n) is 7.87. The molecule has 1 saturated heterocycles. The minimum Gasteiger partial charge on any atom is -0.451 e. The number of rotatable bonds is 3. The predicted octanol–water partition coefficient (Wildman–Crippen LogP) is 4.39. The van der Waals surface area contributed by atoms with Gasteiger partial charge in [0.25, 0.3) is 0 Å². The summed E-state index contributed by atoms with van der Waals surface area (Å²) in [6.45, 7) is 2.01. The van der Waals surface area contributed by atoms with Crippen molar-refractivity contribution < 1.29 is 4.42 Å². The molecule has 4 N–H and O–H groups in total. The highest BCUT2D eigenvalue weighted by atomic mass is 35.5. The molecule has 0 spiro atoms. The number of hydrogen-bond donors (Lipinski definition) is 3. The van der Waals surface area contributed by atoms with E-state index in [0.717, 1.165) is 58.9 Å². The van der Waals surface area contributed by atoms with E-state index in [1.165, 1.54) is 0 Å². The van der Waals surface area contributed by atoms with Crippen molar-refractivity contribution in [2.75, 3.05) is 18.8 Å². The highest BCUT2D eigenvalue weighted by molar-refractivity contribution is 6.39. The van der Waals surface area contributed by atoms with Gasteiger partial charge in [-0.25, -0.2) is 4.98 Å². The van der Waals surface area contributed by atoms with Gasteiger partial charge in [0, 0.05) is 34.5 Å². The highest BCUT2D eigenvalue weighted by Gasteiger charge is 2.23. The first-order chi connectivity index (χ1) is 15.2. The number of pyridine rings is 1. The number of benzene rings is 1. The monoisotopic (exact) mass is 433 g/mol. The standard InChI is InChI=1S/C22H20ClN7O/c23-19-18-16(14-9-28-30(11-14)15-3-5-25-6-4-15)10-26-22(24)21(18)31-20(19)12-1-2-17-13(7-12)8-27-29-17/h1-2,7-11,15,25H,3-6H2,(H2,24,26)(H,27,29). The molecule has 5 aromatic rings. The van der Waals surface area contributed by atoms with Crippen LogP contribution >= 0.6 is 11.6 Å². The molecule has 1 aliphatic rings. The zero-order valence-corrected chi connectivity index (χ0v) is 17.4. The summed E-state index contributed by atoms with van der Waals surface area (Å²) in [5.74, 6) is 0.869. The number of nitrogens with one attached hydrogen (secondary N) is 2. The van der Waals surface area contributed by atoms with Gasteiger partial charge in [-0.05, 0) is 44.1 Å². The number of anilines is 1. The quantitative estimate of drug-likeness (QED) is 0.389. The molecule has 0 amide bonds. The van der Waals surface area contributed by atoms with Crippen LogP contribution in [0, 0.1) is 0 Å². The van der Waals surface area contributed by atoms with Gasteiger partial charge in [-0.3, -0.25) is 9.78 Å². The molecule has 0 radical (unpaired) electrons. The van der Waals surface area contributed by atoms with Crippen molar-refractivity contribution in [3.63, 3.8) is 0 Å². The van der Waals surface area contributed by atoms with E-state index in [9.17, 15) is 0 Å². The number of nitrogens with two attached hydrogens (primary N) is 1. The molecule has 5 heterocycles. The lowest BCUT2D eigenvalue weighted by Gasteiger charge is -2.22. The molecule has 0 bridgehead atoms. The smallest absolute Gasteiger partial charge is 0.179 e. The second-order valence-corrected chi connectivity index (χ2v) is 8.25. The molecule has 6 rings (SSSR count). The third kappa shape index (κ3) is 2.98. The number of fused-ring (bicyclic) bond motifs is 2. The molecule has 0 atom stereocenters. The van der Waals surface area contributed by atoms with Gasteiger partial charge in [0.2, 0.25) is 0 Å². The first-order valence-electron chi connectivity index (χ1n) is 10.2. The van der Waals surface area contributed by atoms with Crippen LogP contribution in [0.1, 0.15) is 18.9 Å². The van der Waals surface area contributed by atoms with E-state index in [4.69, 9.17) is 21.8 Å². The van der Waals surface area contributed by atoms with E-state index < -0.39 is 0 Å². The summed E-state index contributed by atoms with van der Waals surface area (Å²) in [4.78, 5) is 4.36. The molecule has 1 fully saturated rings. The molecular formula is C22H20ClN7O. The van der Waals surface area contributed by atoms with Gasteiger partial charge in [0.05, 0.1) is 34.4 Å². The first kappa shape index (κ1) is 18.4. The molecular weight excluding hydrogens is 414 g/mol. The number of furan rings is 1. The van der Waals surface area contributed by atoms with Crippen LogP contribution in [0.2, 0.25) is 5.02 Å². The van der Waals surface area contributed by atoms with Crippen molar-refractivity contribution in [1.82, 2.24) is 30.3 Å². The number of hydrogen-bond acceptors (Lipinski definition) is 6. The van der Waals surface area contributed by atoms with Crippen LogP contribution in [0.4, 0.5) is 5.82 Å². The number of aromatic nitrogens is 5. The fourth-order valence-corrected chi connectivity index (χ4v) is 4.66. The van der Waals surface area contributed by atoms with E-state index >= 15 is 0 Å². The van der Waals surface area contributed by atoms with Gasteiger partial charge in [-0.2, -0.15) is 10.2 Å². The van der Waals surface area contributed by atoms with Crippen LogP contribution in [-0.4, -0.2) is 38.1 Å². The molecule has 9 heteroatoms. The summed E-state index contributed by atoms with van der Waals surface area (Å²) in [6.07, 6.45) is 9.55. The fourth-order valence-electron chi connectivity index (χ4n) is 4.33. The van der Waals surface area contributed by atoms with E-state index in [-0.39, 0.29) is 0 Å². The largest absolute Gasteiger partial charge is 0.451 e. The Labute approximate surface area is 182 Å². The zero-order valence-electron chi connectivity index (χ0n) is 16.6. The molecule has 8 nitrogen and oxygen atoms in total. The maximum absolute atomic E-state index is 6.86. The summed E-state index contributed by atoms with van der Waals surface area (Å²) in [7, 11) is 0. The number of piperidine rings is 1. The Morgan fingerprint density at radius 2 is 2.00 bits per heavy atom. The van der Waals surface area contributed by atoms with Crippen LogP contribution < -0.4 is 11.1 Å². The number of halogens is 1. The molecule has 1 aromatic carbocycles. The Kier molecular flexibility index (Phi) is 4.22. The second kappa shape index (κ2) is 7.11. The Morgan fingerprint density at radius 3 is 2.87 bits per heavy atom. The molecule has 156 valence electrons. The lowest BCUT2D eigenvalue weighted by molar-refractivity contribution is 0.343. The highest BCUT2D eigenvalue weighted by Crippen LogP contribution is 2.44. The van der Waals surface area contributed by atoms with Crippen molar-refractivity contribution in [3.8, 4) is 22.5 Å². The number of nitrogens with zero attached hydrogens (tertiary/aromatic N) is 4.